The van der Waals surface area contributed by atoms with Crippen LogP contribution >= 0.6 is 0 Å². The number of hydrogen-bond acceptors (Lipinski definition) is 5. The Hall–Kier alpha value is -2.16. The van der Waals surface area contributed by atoms with Gasteiger partial charge in [0.25, 0.3) is 0 Å². The number of aliphatic carboxylic acids is 4. The molecule has 0 heterocycles. The van der Waals surface area contributed by atoms with Gasteiger partial charge in [0.2, 0.25) is 0 Å². The van der Waals surface area contributed by atoms with Crippen LogP contribution in [0.4, 0.5) is 0 Å². The maximum Gasteiger partial charge on any atom is 0.321 e. The van der Waals surface area contributed by atoms with Crippen molar-refractivity contribution >= 4 is 23.9 Å². The SMILES string of the molecule is CN[C@H](CC(=O)O)C(=O)O.O=C(O)CCC(=O)O. The molecule has 0 rings (SSSR count). The van der Waals surface area contributed by atoms with Crippen LogP contribution in [0.5, 0.6) is 0 Å². The van der Waals surface area contributed by atoms with Crippen molar-refractivity contribution in [3.63, 3.8) is 0 Å². The van der Waals surface area contributed by atoms with E-state index in [0.717, 1.165) is 0 Å². The molecule has 0 spiro atoms. The first kappa shape index (κ1) is 18.2. The van der Waals surface area contributed by atoms with Crippen LogP contribution in [-0.2, 0) is 19.2 Å². The molecule has 0 amide bonds. The third kappa shape index (κ3) is 13.8. The van der Waals surface area contributed by atoms with Crippen LogP contribution in [0, 0.1) is 0 Å². The molecule has 18 heavy (non-hydrogen) atoms. The Morgan fingerprint density at radius 2 is 1.28 bits per heavy atom. The van der Waals surface area contributed by atoms with Gasteiger partial charge in [-0.15, -0.1) is 0 Å². The third-order valence-electron chi connectivity index (χ3n) is 1.58. The average molecular weight is 265 g/mol. The van der Waals surface area contributed by atoms with Crippen molar-refractivity contribution in [2.75, 3.05) is 7.05 Å². The van der Waals surface area contributed by atoms with Crippen LogP contribution in [0.25, 0.3) is 0 Å². The summed E-state index contributed by atoms with van der Waals surface area (Å²) < 4.78 is 0. The number of carboxylic acids is 4. The molecule has 0 aliphatic rings. The molecular formula is C9H15NO8. The van der Waals surface area contributed by atoms with E-state index >= 15 is 0 Å². The fraction of sp³-hybridized carbons (Fsp3) is 0.556. The van der Waals surface area contributed by atoms with Crippen molar-refractivity contribution in [1.29, 1.82) is 0 Å². The highest BCUT2D eigenvalue weighted by Gasteiger charge is 2.17. The predicted molar refractivity (Wildman–Crippen MR) is 57.2 cm³/mol. The van der Waals surface area contributed by atoms with Crippen molar-refractivity contribution in [3.05, 3.63) is 0 Å². The van der Waals surface area contributed by atoms with Crippen molar-refractivity contribution < 1.29 is 39.6 Å². The van der Waals surface area contributed by atoms with Crippen molar-refractivity contribution in [1.82, 2.24) is 5.32 Å². The largest absolute Gasteiger partial charge is 0.481 e. The fourth-order valence-electron chi connectivity index (χ4n) is 0.701. The Bertz CT molecular complexity index is 300. The monoisotopic (exact) mass is 265 g/mol. The molecule has 9 heteroatoms. The number of likely N-dealkylation sites (N-methyl/N-ethyl adjacent to an activating group) is 1. The molecule has 0 fully saturated rings. The van der Waals surface area contributed by atoms with Gasteiger partial charge in [0, 0.05) is 0 Å². The molecule has 0 bridgehead atoms. The zero-order valence-corrected chi connectivity index (χ0v) is 9.62. The summed E-state index contributed by atoms with van der Waals surface area (Å²) in [5.74, 6) is -4.42. The van der Waals surface area contributed by atoms with E-state index in [2.05, 4.69) is 5.32 Å². The van der Waals surface area contributed by atoms with Gasteiger partial charge in [0.1, 0.15) is 6.04 Å². The van der Waals surface area contributed by atoms with E-state index in [1.54, 1.807) is 0 Å². The second kappa shape index (κ2) is 10.0. The van der Waals surface area contributed by atoms with Gasteiger partial charge >= 0.3 is 23.9 Å². The summed E-state index contributed by atoms with van der Waals surface area (Å²) in [6.07, 6.45) is -0.990. The first-order chi connectivity index (χ1) is 8.20. The zero-order valence-electron chi connectivity index (χ0n) is 9.62. The summed E-state index contributed by atoms with van der Waals surface area (Å²) >= 11 is 0. The smallest absolute Gasteiger partial charge is 0.321 e. The Morgan fingerprint density at radius 3 is 1.39 bits per heavy atom. The molecule has 0 saturated heterocycles. The molecule has 0 aromatic heterocycles. The minimum absolute atomic E-state index is 0.296. The van der Waals surface area contributed by atoms with Gasteiger partial charge in [-0.1, -0.05) is 0 Å². The van der Waals surface area contributed by atoms with Crippen LogP contribution < -0.4 is 5.32 Å². The van der Waals surface area contributed by atoms with Gasteiger partial charge in [-0.3, -0.25) is 19.2 Å². The summed E-state index contributed by atoms with van der Waals surface area (Å²) in [5, 5.41) is 34.6. The molecule has 0 aliphatic heterocycles. The summed E-state index contributed by atoms with van der Waals surface area (Å²) in [7, 11) is 1.40. The van der Waals surface area contributed by atoms with Crippen LogP contribution in [0.3, 0.4) is 0 Å². The number of hydrogen-bond donors (Lipinski definition) is 5. The standard InChI is InChI=1S/C5H9NO4.C4H6O4/c1-6-3(5(9)10)2-4(7)8;5-3(6)1-2-4(7)8/h3,6H,2H2,1H3,(H,7,8)(H,9,10);1-2H2,(H,5,6)(H,7,8)/t3-;/m1./s1. The third-order valence-corrected chi connectivity index (χ3v) is 1.58. The van der Waals surface area contributed by atoms with Crippen molar-refractivity contribution in [2.24, 2.45) is 0 Å². The van der Waals surface area contributed by atoms with Crippen LogP contribution in [-0.4, -0.2) is 57.4 Å². The lowest BCUT2D eigenvalue weighted by atomic mass is 10.2. The van der Waals surface area contributed by atoms with Crippen LogP contribution in [0.1, 0.15) is 19.3 Å². The molecule has 104 valence electrons. The lowest BCUT2D eigenvalue weighted by Gasteiger charge is -2.06. The fourth-order valence-corrected chi connectivity index (χ4v) is 0.701. The van der Waals surface area contributed by atoms with Gasteiger partial charge in [-0.2, -0.15) is 0 Å². The number of rotatable bonds is 7. The van der Waals surface area contributed by atoms with Gasteiger partial charge in [0.05, 0.1) is 19.3 Å². The molecule has 9 nitrogen and oxygen atoms in total. The highest BCUT2D eigenvalue weighted by Crippen LogP contribution is 1.90. The highest BCUT2D eigenvalue weighted by molar-refractivity contribution is 5.80. The second-order valence-corrected chi connectivity index (χ2v) is 3.06. The Labute approximate surface area is 102 Å². The van der Waals surface area contributed by atoms with Crippen LogP contribution in [0.2, 0.25) is 0 Å². The lowest BCUT2D eigenvalue weighted by molar-refractivity contribution is -0.145. The Morgan fingerprint density at radius 1 is 0.889 bits per heavy atom. The van der Waals surface area contributed by atoms with E-state index in [-0.39, 0.29) is 12.8 Å². The molecule has 0 unspecified atom stereocenters. The van der Waals surface area contributed by atoms with E-state index in [4.69, 9.17) is 20.4 Å². The zero-order chi connectivity index (χ0) is 14.7. The molecule has 0 aromatic rings. The minimum atomic E-state index is -1.15. The molecule has 0 saturated carbocycles. The highest BCUT2D eigenvalue weighted by atomic mass is 16.4. The molecule has 0 aliphatic carbocycles. The first-order valence-corrected chi connectivity index (χ1v) is 4.76. The first-order valence-electron chi connectivity index (χ1n) is 4.76. The number of carbonyl (C=O) groups is 4. The van der Waals surface area contributed by atoms with Gasteiger partial charge in [-0.05, 0) is 7.05 Å². The van der Waals surface area contributed by atoms with Crippen molar-refractivity contribution in [3.8, 4) is 0 Å². The lowest BCUT2D eigenvalue weighted by Crippen LogP contribution is -2.35. The molecule has 0 aromatic carbocycles. The van der Waals surface area contributed by atoms with Crippen molar-refractivity contribution in [2.45, 2.75) is 25.3 Å². The molecular weight excluding hydrogens is 250 g/mol. The summed E-state index contributed by atoms with van der Waals surface area (Å²) in [5.41, 5.74) is 0. The quantitative estimate of drug-likeness (QED) is 0.391. The Kier molecular flexibility index (Phi) is 10.1. The maximum atomic E-state index is 10.1. The van der Waals surface area contributed by atoms with E-state index in [1.807, 2.05) is 0 Å². The second-order valence-electron chi connectivity index (χ2n) is 3.06. The number of nitrogens with one attached hydrogen (secondary N) is 1. The van der Waals surface area contributed by atoms with E-state index in [0.29, 0.717) is 0 Å². The maximum absolute atomic E-state index is 10.1. The summed E-state index contributed by atoms with van der Waals surface area (Å²) in [6.45, 7) is 0. The van der Waals surface area contributed by atoms with Crippen LogP contribution in [0.15, 0.2) is 0 Å². The Balaban J connectivity index is 0. The summed E-state index contributed by atoms with van der Waals surface area (Å²) in [6, 6.07) is -0.988. The van der Waals surface area contributed by atoms with E-state index < -0.39 is 36.3 Å². The predicted octanol–water partition coefficient (Wildman–Crippen LogP) is -0.930. The van der Waals surface area contributed by atoms with E-state index in [1.165, 1.54) is 7.05 Å². The molecule has 1 atom stereocenters. The molecule has 0 radical (unpaired) electrons. The summed E-state index contributed by atoms with van der Waals surface area (Å²) in [4.78, 5) is 39.4. The van der Waals surface area contributed by atoms with Gasteiger partial charge in [-0.25, -0.2) is 0 Å². The van der Waals surface area contributed by atoms with Gasteiger partial charge in [0.15, 0.2) is 0 Å². The topological polar surface area (TPSA) is 161 Å². The number of carboxylic acid groups (broad SMARTS) is 4. The van der Waals surface area contributed by atoms with Gasteiger partial charge < -0.3 is 25.7 Å². The van der Waals surface area contributed by atoms with E-state index in [9.17, 15) is 19.2 Å². The minimum Gasteiger partial charge on any atom is -0.481 e. The average Bonchev–Trinajstić information content (AvgIpc) is 2.23. The molecule has 5 N–H and O–H groups in total. The normalized spacial score (nSPS) is 10.7.